The number of carbonyl (C=O) groups excluding carboxylic acids is 4. The van der Waals surface area contributed by atoms with Crippen LogP contribution in [0.25, 0.3) is 0 Å². The normalized spacial score (nSPS) is 18.4. The number of fused-ring (bicyclic) bond motifs is 1. The van der Waals surface area contributed by atoms with Crippen LogP contribution in [0.2, 0.25) is 0 Å². The van der Waals surface area contributed by atoms with Crippen molar-refractivity contribution < 1.29 is 33.4 Å². The molecule has 2 aliphatic rings. The van der Waals surface area contributed by atoms with E-state index in [-0.39, 0.29) is 24.3 Å². The summed E-state index contributed by atoms with van der Waals surface area (Å²) in [5, 5.41) is 0. The van der Waals surface area contributed by atoms with Gasteiger partial charge in [0, 0.05) is 11.6 Å². The summed E-state index contributed by atoms with van der Waals surface area (Å²) in [4.78, 5) is 55.2. The molecule has 37 heavy (non-hydrogen) atoms. The van der Waals surface area contributed by atoms with Crippen LogP contribution in [-0.4, -0.2) is 59.8 Å². The summed E-state index contributed by atoms with van der Waals surface area (Å²) < 4.78 is 16.2. The number of carbonyl (C=O) groups is 4. The van der Waals surface area contributed by atoms with Crippen molar-refractivity contribution in [1.82, 2.24) is 9.80 Å². The Balaban J connectivity index is 1.44. The number of methoxy groups -OCH3 is 2. The van der Waals surface area contributed by atoms with Crippen molar-refractivity contribution in [3.05, 3.63) is 95.1 Å². The number of rotatable bonds is 8. The van der Waals surface area contributed by atoms with Crippen molar-refractivity contribution in [1.29, 1.82) is 0 Å². The van der Waals surface area contributed by atoms with Crippen LogP contribution in [0.1, 0.15) is 31.8 Å². The quantitative estimate of drug-likeness (QED) is 0.266. The first kappa shape index (κ1) is 24.1. The highest BCUT2D eigenvalue weighted by molar-refractivity contribution is 6.24. The molecule has 9 nitrogen and oxygen atoms in total. The van der Waals surface area contributed by atoms with Gasteiger partial charge in [-0.05, 0) is 29.8 Å². The van der Waals surface area contributed by atoms with Crippen molar-refractivity contribution in [3.8, 4) is 11.5 Å². The largest absolute Gasteiger partial charge is 0.497 e. The molecule has 2 aliphatic heterocycles. The fraction of sp³-hybridized carbons (Fsp3) is 0.214. The number of esters is 1. The highest BCUT2D eigenvalue weighted by Gasteiger charge is 2.59. The van der Waals surface area contributed by atoms with Crippen LogP contribution in [0.4, 0.5) is 0 Å². The van der Waals surface area contributed by atoms with E-state index in [2.05, 4.69) is 0 Å². The Labute approximate surface area is 213 Å². The van der Waals surface area contributed by atoms with E-state index in [4.69, 9.17) is 14.2 Å². The molecule has 0 saturated carbocycles. The lowest BCUT2D eigenvalue weighted by Crippen LogP contribution is -2.73. The summed E-state index contributed by atoms with van der Waals surface area (Å²) in [6.45, 7) is -0.00429. The van der Waals surface area contributed by atoms with Crippen LogP contribution in [0.15, 0.2) is 72.8 Å². The van der Waals surface area contributed by atoms with Gasteiger partial charge in [-0.3, -0.25) is 19.3 Å². The average Bonchev–Trinajstić information content (AvgIpc) is 3.18. The predicted molar refractivity (Wildman–Crippen MR) is 131 cm³/mol. The predicted octanol–water partition coefficient (Wildman–Crippen LogP) is 2.82. The molecule has 0 aromatic heterocycles. The lowest BCUT2D eigenvalue weighted by Gasteiger charge is -2.47. The van der Waals surface area contributed by atoms with Crippen LogP contribution >= 0.6 is 0 Å². The van der Waals surface area contributed by atoms with Crippen molar-refractivity contribution in [2.75, 3.05) is 14.2 Å². The molecule has 5 rings (SSSR count). The Morgan fingerprint density at radius 1 is 0.838 bits per heavy atom. The van der Waals surface area contributed by atoms with Gasteiger partial charge in [0.05, 0.1) is 31.9 Å². The second kappa shape index (κ2) is 9.77. The summed E-state index contributed by atoms with van der Waals surface area (Å²) in [6.07, 6.45) is 0. The molecule has 0 N–H and O–H groups in total. The minimum Gasteiger partial charge on any atom is -0.497 e. The number of hydrogen-bond acceptors (Lipinski definition) is 7. The minimum absolute atomic E-state index is 0.0107. The second-order valence-corrected chi connectivity index (χ2v) is 8.65. The van der Waals surface area contributed by atoms with Gasteiger partial charge in [0.15, 0.2) is 12.1 Å². The van der Waals surface area contributed by atoms with Gasteiger partial charge in [-0.1, -0.05) is 42.5 Å². The van der Waals surface area contributed by atoms with E-state index in [0.29, 0.717) is 17.1 Å². The zero-order valence-electron chi connectivity index (χ0n) is 20.2. The summed E-state index contributed by atoms with van der Waals surface area (Å²) >= 11 is 0. The summed E-state index contributed by atoms with van der Waals surface area (Å²) in [5.41, 5.74) is 1.79. The highest BCUT2D eigenvalue weighted by atomic mass is 16.5. The first-order valence-electron chi connectivity index (χ1n) is 11.6. The summed E-state index contributed by atoms with van der Waals surface area (Å²) in [5.74, 6) is -1.43. The van der Waals surface area contributed by atoms with E-state index < -0.39 is 35.8 Å². The second-order valence-electron chi connectivity index (χ2n) is 8.65. The van der Waals surface area contributed by atoms with Crippen molar-refractivity contribution >= 4 is 23.7 Å². The molecule has 2 heterocycles. The van der Waals surface area contributed by atoms with Gasteiger partial charge in [-0.2, -0.15) is 0 Å². The molecule has 1 saturated heterocycles. The van der Waals surface area contributed by atoms with Gasteiger partial charge in [-0.15, -0.1) is 0 Å². The first-order valence-corrected chi connectivity index (χ1v) is 11.6. The number of amides is 3. The highest BCUT2D eigenvalue weighted by Crippen LogP contribution is 2.36. The fourth-order valence-electron chi connectivity index (χ4n) is 4.65. The fourth-order valence-corrected chi connectivity index (χ4v) is 4.65. The zero-order chi connectivity index (χ0) is 26.1. The van der Waals surface area contributed by atoms with Crippen molar-refractivity contribution in [2.45, 2.75) is 25.2 Å². The van der Waals surface area contributed by atoms with Gasteiger partial charge in [0.25, 0.3) is 11.8 Å². The summed E-state index contributed by atoms with van der Waals surface area (Å²) in [7, 11) is 3.02. The van der Waals surface area contributed by atoms with Gasteiger partial charge in [0.1, 0.15) is 18.1 Å². The monoisotopic (exact) mass is 500 g/mol. The van der Waals surface area contributed by atoms with Crippen LogP contribution in [0.5, 0.6) is 11.5 Å². The third kappa shape index (κ3) is 4.18. The van der Waals surface area contributed by atoms with E-state index in [1.165, 1.54) is 31.3 Å². The summed E-state index contributed by atoms with van der Waals surface area (Å²) in [6, 6.07) is 18.1. The van der Waals surface area contributed by atoms with Gasteiger partial charge in [0.2, 0.25) is 5.91 Å². The number of hydrogen-bond donors (Lipinski definition) is 0. The van der Waals surface area contributed by atoms with E-state index in [1.54, 1.807) is 42.5 Å². The molecule has 3 aromatic carbocycles. The molecule has 188 valence electrons. The van der Waals surface area contributed by atoms with Crippen LogP contribution in [0.3, 0.4) is 0 Å². The molecule has 9 heteroatoms. The lowest BCUT2D eigenvalue weighted by atomic mass is 9.92. The molecule has 2 unspecified atom stereocenters. The first-order chi connectivity index (χ1) is 17.9. The smallest absolute Gasteiger partial charge is 0.331 e. The zero-order valence-corrected chi connectivity index (χ0v) is 20.2. The Bertz CT molecular complexity index is 1350. The standard InChI is InChI=1S/C28H24N2O7/c1-35-19-13-12-18(22(14-19)36-2)15-29-24(28(34)37-16-17-8-4-3-5-9-17)23(27(29)33)30-25(31)20-10-6-7-11-21(20)26(30)32/h3-14,23-24H,15-16H2,1-2H3. The van der Waals surface area contributed by atoms with Gasteiger partial charge in [-0.25, -0.2) is 4.79 Å². The van der Waals surface area contributed by atoms with Crippen LogP contribution in [-0.2, 0) is 27.5 Å². The van der Waals surface area contributed by atoms with Crippen molar-refractivity contribution in [2.24, 2.45) is 0 Å². The third-order valence-electron chi connectivity index (χ3n) is 6.57. The molecule has 1 fully saturated rings. The topological polar surface area (TPSA) is 102 Å². The van der Waals surface area contributed by atoms with Crippen LogP contribution < -0.4 is 9.47 Å². The molecular formula is C28H24N2O7. The van der Waals surface area contributed by atoms with E-state index >= 15 is 0 Å². The van der Waals surface area contributed by atoms with E-state index in [9.17, 15) is 19.2 Å². The Morgan fingerprint density at radius 3 is 2.11 bits per heavy atom. The number of nitrogens with zero attached hydrogens (tertiary/aromatic N) is 2. The average molecular weight is 501 g/mol. The SMILES string of the molecule is COc1ccc(CN2C(=O)C(N3C(=O)c4ccccc4C3=O)C2C(=O)OCc2ccccc2)c(OC)c1. The number of likely N-dealkylation sites (tertiary alicyclic amines) is 1. The van der Waals surface area contributed by atoms with Crippen molar-refractivity contribution in [3.63, 3.8) is 0 Å². The molecule has 2 atom stereocenters. The molecule has 0 aliphatic carbocycles. The minimum atomic E-state index is -1.31. The molecule has 0 radical (unpaired) electrons. The Kier molecular flexibility index (Phi) is 6.35. The van der Waals surface area contributed by atoms with Gasteiger partial charge < -0.3 is 19.1 Å². The third-order valence-corrected chi connectivity index (χ3v) is 6.57. The molecular weight excluding hydrogens is 476 g/mol. The maximum atomic E-state index is 13.4. The Hall–Kier alpha value is -4.66. The molecule has 3 amide bonds. The molecule has 0 spiro atoms. The van der Waals surface area contributed by atoms with E-state index in [1.807, 2.05) is 18.2 Å². The Morgan fingerprint density at radius 2 is 1.49 bits per heavy atom. The van der Waals surface area contributed by atoms with Gasteiger partial charge >= 0.3 is 5.97 Å². The van der Waals surface area contributed by atoms with E-state index in [0.717, 1.165) is 10.5 Å². The number of imide groups is 1. The molecule has 0 bridgehead atoms. The lowest BCUT2D eigenvalue weighted by molar-refractivity contribution is -0.175. The maximum Gasteiger partial charge on any atom is 0.331 e. The maximum absolute atomic E-state index is 13.4. The molecule has 3 aromatic rings. The van der Waals surface area contributed by atoms with Crippen LogP contribution in [0, 0.1) is 0 Å². The number of ether oxygens (including phenoxy) is 3. The number of benzene rings is 3. The number of β-lactam (4-membered cyclic amide) rings is 1.